The predicted octanol–water partition coefficient (Wildman–Crippen LogP) is 3.39. The molecule has 4 rings (SSSR count). The number of para-hydroxylation sites is 1. The van der Waals surface area contributed by atoms with Gasteiger partial charge in [-0.2, -0.15) is 5.10 Å². The van der Waals surface area contributed by atoms with E-state index in [0.29, 0.717) is 17.2 Å². The fourth-order valence-corrected chi connectivity index (χ4v) is 5.70. The molecule has 1 aliphatic carbocycles. The fraction of sp³-hybridized carbons (Fsp3) is 0.500. The molecule has 2 fully saturated rings. The minimum Gasteiger partial charge on any atom is -0.496 e. The van der Waals surface area contributed by atoms with E-state index in [2.05, 4.69) is 10.4 Å². The Balaban J connectivity index is 1.71. The summed E-state index contributed by atoms with van der Waals surface area (Å²) in [6.45, 7) is 0. The summed E-state index contributed by atoms with van der Waals surface area (Å²) in [5.74, 6) is 1.01. The number of hydrogen-bond acceptors (Lipinski definition) is 5. The van der Waals surface area contributed by atoms with Crippen LogP contribution in [-0.4, -0.2) is 50.6 Å². The van der Waals surface area contributed by atoms with Gasteiger partial charge in [0.25, 0.3) is 0 Å². The first-order chi connectivity index (χ1) is 14.6. The Kier molecular flexibility index (Phi) is 6.32. The third kappa shape index (κ3) is 4.19. The van der Waals surface area contributed by atoms with Crippen LogP contribution in [0.3, 0.4) is 0 Å². The third-order valence-electron chi connectivity index (χ3n) is 5.92. The van der Waals surface area contributed by atoms with E-state index < -0.39 is 5.25 Å². The monoisotopic (exact) mass is 428 g/mol. The molecule has 1 saturated carbocycles. The molecule has 2 atom stereocenters. The molecule has 30 heavy (non-hydrogen) atoms. The lowest BCUT2D eigenvalue weighted by molar-refractivity contribution is -0.136. The van der Waals surface area contributed by atoms with Crippen molar-refractivity contribution in [1.82, 2.24) is 14.7 Å². The van der Waals surface area contributed by atoms with Crippen molar-refractivity contribution < 1.29 is 14.3 Å². The summed E-state index contributed by atoms with van der Waals surface area (Å²) in [5, 5.41) is 6.69. The molecular formula is C22H28N4O3S. The number of hydrogen-bond donors (Lipinski definition) is 1. The van der Waals surface area contributed by atoms with Crippen LogP contribution >= 0.6 is 11.8 Å². The Labute approximate surface area is 181 Å². The maximum absolute atomic E-state index is 13.3. The Morgan fingerprint density at radius 1 is 1.23 bits per heavy atom. The zero-order valence-corrected chi connectivity index (χ0v) is 18.2. The van der Waals surface area contributed by atoms with Crippen LogP contribution in [0.5, 0.6) is 5.75 Å². The Morgan fingerprint density at radius 2 is 2.00 bits per heavy atom. The largest absolute Gasteiger partial charge is 0.496 e. The van der Waals surface area contributed by atoms with Gasteiger partial charge < -0.3 is 15.0 Å². The van der Waals surface area contributed by atoms with Crippen LogP contribution in [-0.2, 0) is 16.6 Å². The second-order valence-electron chi connectivity index (χ2n) is 7.90. The highest BCUT2D eigenvalue weighted by Gasteiger charge is 2.45. The number of anilines is 1. The minimum absolute atomic E-state index is 0.105. The molecule has 1 saturated heterocycles. The van der Waals surface area contributed by atoms with Crippen LogP contribution < -0.4 is 10.1 Å². The molecule has 2 unspecified atom stereocenters. The molecule has 1 aliphatic heterocycles. The van der Waals surface area contributed by atoms with E-state index in [1.165, 1.54) is 18.2 Å². The molecule has 8 heteroatoms. The van der Waals surface area contributed by atoms with E-state index in [4.69, 9.17) is 4.74 Å². The first-order valence-corrected chi connectivity index (χ1v) is 11.5. The lowest BCUT2D eigenvalue weighted by Gasteiger charge is -2.46. The van der Waals surface area contributed by atoms with Crippen molar-refractivity contribution in [2.24, 2.45) is 7.05 Å². The van der Waals surface area contributed by atoms with Gasteiger partial charge in [0.05, 0.1) is 30.8 Å². The van der Waals surface area contributed by atoms with Gasteiger partial charge in [-0.25, -0.2) is 0 Å². The predicted molar refractivity (Wildman–Crippen MR) is 118 cm³/mol. The van der Waals surface area contributed by atoms with Gasteiger partial charge in [0.15, 0.2) is 0 Å². The molecule has 0 bridgehead atoms. The van der Waals surface area contributed by atoms with Crippen molar-refractivity contribution in [1.29, 1.82) is 0 Å². The average Bonchev–Trinajstić information content (AvgIpc) is 3.18. The summed E-state index contributed by atoms with van der Waals surface area (Å²) in [6.07, 6.45) is 8.82. The van der Waals surface area contributed by atoms with Crippen molar-refractivity contribution in [2.45, 2.75) is 49.4 Å². The lowest BCUT2D eigenvalue weighted by atomic mass is 9.90. The highest BCUT2D eigenvalue weighted by molar-refractivity contribution is 8.01. The minimum atomic E-state index is -0.430. The van der Waals surface area contributed by atoms with Crippen LogP contribution in [0, 0.1) is 0 Å². The molecule has 2 aromatic rings. The normalized spacial score (nSPS) is 22.7. The van der Waals surface area contributed by atoms with Gasteiger partial charge >= 0.3 is 0 Å². The smallest absolute Gasteiger partial charge is 0.240 e. The number of benzene rings is 1. The van der Waals surface area contributed by atoms with Crippen molar-refractivity contribution in [3.8, 4) is 5.75 Å². The van der Waals surface area contributed by atoms with Gasteiger partial charge in [0.2, 0.25) is 11.8 Å². The van der Waals surface area contributed by atoms with Crippen LogP contribution in [0.15, 0.2) is 36.7 Å². The summed E-state index contributed by atoms with van der Waals surface area (Å²) in [6, 6.07) is 7.52. The number of aromatic nitrogens is 2. The Morgan fingerprint density at radius 3 is 2.70 bits per heavy atom. The lowest BCUT2D eigenvalue weighted by Crippen LogP contribution is -2.53. The van der Waals surface area contributed by atoms with Gasteiger partial charge in [-0.3, -0.25) is 14.3 Å². The van der Waals surface area contributed by atoms with Gasteiger partial charge in [-0.05, 0) is 18.9 Å². The summed E-state index contributed by atoms with van der Waals surface area (Å²) in [5.41, 5.74) is 1.54. The van der Waals surface area contributed by atoms with Gasteiger partial charge in [-0.15, -0.1) is 11.8 Å². The number of methoxy groups -OCH3 is 1. The number of thioether (sulfide) groups is 1. The highest BCUT2D eigenvalue weighted by Crippen LogP contribution is 2.44. The van der Waals surface area contributed by atoms with E-state index >= 15 is 0 Å². The topological polar surface area (TPSA) is 76.5 Å². The Bertz CT molecular complexity index is 909. The maximum Gasteiger partial charge on any atom is 0.240 e. The molecule has 0 spiro atoms. The summed E-state index contributed by atoms with van der Waals surface area (Å²) in [4.78, 5) is 28.5. The van der Waals surface area contributed by atoms with E-state index in [1.54, 1.807) is 24.2 Å². The number of ether oxygens (including phenoxy) is 1. The second-order valence-corrected chi connectivity index (χ2v) is 9.03. The molecule has 1 N–H and O–H groups in total. The molecule has 1 aromatic carbocycles. The SMILES string of the molecule is COc1ccccc1C1C(C(=O)Nc2cnn(C)c2)SCC(=O)N1C1CCCCC1. The van der Waals surface area contributed by atoms with Crippen LogP contribution in [0.4, 0.5) is 5.69 Å². The number of amides is 2. The van der Waals surface area contributed by atoms with Crippen LogP contribution in [0.2, 0.25) is 0 Å². The zero-order valence-electron chi connectivity index (χ0n) is 17.4. The van der Waals surface area contributed by atoms with E-state index in [-0.39, 0.29) is 23.9 Å². The number of carbonyl (C=O) groups excluding carboxylic acids is 2. The highest BCUT2D eigenvalue weighted by atomic mass is 32.2. The van der Waals surface area contributed by atoms with Crippen molar-refractivity contribution in [3.05, 3.63) is 42.2 Å². The van der Waals surface area contributed by atoms with Crippen molar-refractivity contribution >= 4 is 29.3 Å². The first kappa shape index (κ1) is 20.8. The maximum atomic E-state index is 13.3. The quantitative estimate of drug-likeness (QED) is 0.790. The number of nitrogens with zero attached hydrogens (tertiary/aromatic N) is 3. The summed E-state index contributed by atoms with van der Waals surface area (Å²) >= 11 is 1.41. The molecule has 2 amide bonds. The van der Waals surface area contributed by atoms with Crippen LogP contribution in [0.1, 0.15) is 43.7 Å². The number of rotatable bonds is 5. The van der Waals surface area contributed by atoms with Gasteiger partial charge in [0.1, 0.15) is 11.0 Å². The third-order valence-corrected chi connectivity index (χ3v) is 7.16. The molecule has 160 valence electrons. The second kappa shape index (κ2) is 9.12. The van der Waals surface area contributed by atoms with E-state index in [1.807, 2.05) is 36.2 Å². The van der Waals surface area contributed by atoms with E-state index in [0.717, 1.165) is 31.2 Å². The number of nitrogens with one attached hydrogen (secondary N) is 1. The summed E-state index contributed by atoms with van der Waals surface area (Å²) < 4.78 is 7.28. The van der Waals surface area contributed by atoms with Crippen molar-refractivity contribution in [2.75, 3.05) is 18.2 Å². The summed E-state index contributed by atoms with van der Waals surface area (Å²) in [7, 11) is 3.44. The molecule has 7 nitrogen and oxygen atoms in total. The fourth-order valence-electron chi connectivity index (χ4n) is 4.56. The van der Waals surface area contributed by atoms with E-state index in [9.17, 15) is 9.59 Å². The Hall–Kier alpha value is -2.48. The molecule has 2 aliphatic rings. The van der Waals surface area contributed by atoms with Gasteiger partial charge in [-0.1, -0.05) is 37.5 Å². The number of carbonyl (C=O) groups is 2. The molecular weight excluding hydrogens is 400 g/mol. The number of aryl methyl sites for hydroxylation is 1. The zero-order chi connectivity index (χ0) is 21.1. The molecule has 2 heterocycles. The van der Waals surface area contributed by atoms with Gasteiger partial charge in [0, 0.05) is 24.8 Å². The molecule has 1 aromatic heterocycles. The van der Waals surface area contributed by atoms with Crippen molar-refractivity contribution in [3.63, 3.8) is 0 Å². The van der Waals surface area contributed by atoms with Crippen LogP contribution in [0.25, 0.3) is 0 Å². The standard InChI is InChI=1S/C22H28N4O3S/c1-25-13-15(12-23-25)24-22(28)21-20(17-10-6-7-11-18(17)29-2)26(19(27)14-30-21)16-8-4-3-5-9-16/h6-7,10-13,16,20-21H,3-5,8-9,14H2,1-2H3,(H,24,28). The first-order valence-electron chi connectivity index (χ1n) is 10.4. The molecule has 0 radical (unpaired) electrons. The average molecular weight is 429 g/mol.